The Bertz CT molecular complexity index is 468. The Morgan fingerprint density at radius 3 is 2.71 bits per heavy atom. The van der Waals surface area contributed by atoms with Crippen molar-refractivity contribution in [1.29, 1.82) is 0 Å². The first-order valence-corrected chi connectivity index (χ1v) is 8.85. The zero-order chi connectivity index (χ0) is 14.7. The van der Waals surface area contributed by atoms with E-state index in [0.717, 1.165) is 38.5 Å². The highest BCUT2D eigenvalue weighted by Gasteiger charge is 2.40. The molecule has 2 N–H and O–H groups in total. The van der Waals surface area contributed by atoms with Crippen LogP contribution >= 0.6 is 11.8 Å². The standard InChI is InChI=1S/C16H25N3OS/c1-20-15-4-2-3-14(11-15)18-6-8-19(9-7-18)16(12-17)5-10-21-13-16/h2-4,11H,5-10,12-13,17H2,1H3. The summed E-state index contributed by atoms with van der Waals surface area (Å²) in [6, 6.07) is 8.36. The molecule has 2 saturated heterocycles. The van der Waals surface area contributed by atoms with Crippen LogP contribution in [-0.4, -0.2) is 61.8 Å². The minimum absolute atomic E-state index is 0.255. The summed E-state index contributed by atoms with van der Waals surface area (Å²) >= 11 is 2.05. The number of thioether (sulfide) groups is 1. The normalized spacial score (nSPS) is 27.0. The van der Waals surface area contributed by atoms with Crippen LogP contribution in [0.15, 0.2) is 24.3 Å². The summed E-state index contributed by atoms with van der Waals surface area (Å²) < 4.78 is 5.33. The van der Waals surface area contributed by atoms with Gasteiger partial charge in [0.05, 0.1) is 7.11 Å². The first-order chi connectivity index (χ1) is 10.3. The third kappa shape index (κ3) is 3.00. The molecule has 2 aliphatic heterocycles. The molecule has 1 aromatic rings. The summed E-state index contributed by atoms with van der Waals surface area (Å²) in [6.07, 6.45) is 1.24. The number of nitrogens with zero attached hydrogens (tertiary/aromatic N) is 2. The SMILES string of the molecule is COc1cccc(N2CCN(C3(CN)CCSC3)CC2)c1. The summed E-state index contributed by atoms with van der Waals surface area (Å²) in [5.41, 5.74) is 7.61. The first kappa shape index (κ1) is 15.0. The Kier molecular flexibility index (Phi) is 4.62. The van der Waals surface area contributed by atoms with E-state index in [0.29, 0.717) is 0 Å². The number of benzene rings is 1. The molecule has 0 bridgehead atoms. The smallest absolute Gasteiger partial charge is 0.120 e. The number of hydrogen-bond donors (Lipinski definition) is 1. The molecule has 1 aromatic carbocycles. The number of ether oxygens (including phenoxy) is 1. The van der Waals surface area contributed by atoms with E-state index in [1.165, 1.54) is 23.6 Å². The second kappa shape index (κ2) is 6.46. The van der Waals surface area contributed by atoms with Crippen LogP contribution in [0.2, 0.25) is 0 Å². The lowest BCUT2D eigenvalue weighted by Gasteiger charge is -2.45. The summed E-state index contributed by atoms with van der Waals surface area (Å²) in [5, 5.41) is 0. The quantitative estimate of drug-likeness (QED) is 0.916. The molecule has 2 heterocycles. The van der Waals surface area contributed by atoms with Crippen LogP contribution in [0.25, 0.3) is 0 Å². The van der Waals surface area contributed by atoms with Crippen molar-refractivity contribution < 1.29 is 4.74 Å². The van der Waals surface area contributed by atoms with Crippen LogP contribution in [-0.2, 0) is 0 Å². The molecular formula is C16H25N3OS. The fraction of sp³-hybridized carbons (Fsp3) is 0.625. The monoisotopic (exact) mass is 307 g/mol. The minimum atomic E-state index is 0.255. The van der Waals surface area contributed by atoms with Crippen molar-refractivity contribution in [2.45, 2.75) is 12.0 Å². The molecule has 1 atom stereocenters. The predicted molar refractivity (Wildman–Crippen MR) is 90.5 cm³/mol. The topological polar surface area (TPSA) is 41.7 Å². The van der Waals surface area contributed by atoms with Gasteiger partial charge in [-0.25, -0.2) is 0 Å². The average Bonchev–Trinajstić information content (AvgIpc) is 3.05. The van der Waals surface area contributed by atoms with Gasteiger partial charge >= 0.3 is 0 Å². The van der Waals surface area contributed by atoms with Crippen LogP contribution < -0.4 is 15.4 Å². The maximum atomic E-state index is 6.10. The van der Waals surface area contributed by atoms with E-state index in [-0.39, 0.29) is 5.54 Å². The van der Waals surface area contributed by atoms with E-state index in [9.17, 15) is 0 Å². The molecular weight excluding hydrogens is 282 g/mol. The maximum Gasteiger partial charge on any atom is 0.120 e. The number of piperazine rings is 1. The van der Waals surface area contributed by atoms with E-state index in [4.69, 9.17) is 10.5 Å². The van der Waals surface area contributed by atoms with Gasteiger partial charge in [-0.2, -0.15) is 11.8 Å². The zero-order valence-electron chi connectivity index (χ0n) is 12.8. The largest absolute Gasteiger partial charge is 0.497 e. The van der Waals surface area contributed by atoms with Gasteiger partial charge in [-0.05, 0) is 24.3 Å². The van der Waals surface area contributed by atoms with Crippen molar-refractivity contribution in [1.82, 2.24) is 4.90 Å². The number of nitrogens with two attached hydrogens (primary N) is 1. The van der Waals surface area contributed by atoms with Gasteiger partial charge in [-0.3, -0.25) is 4.90 Å². The van der Waals surface area contributed by atoms with Crippen molar-refractivity contribution >= 4 is 17.4 Å². The van der Waals surface area contributed by atoms with Crippen LogP contribution in [0.5, 0.6) is 5.75 Å². The number of hydrogen-bond acceptors (Lipinski definition) is 5. The van der Waals surface area contributed by atoms with Crippen molar-refractivity contribution in [2.24, 2.45) is 5.73 Å². The highest BCUT2D eigenvalue weighted by atomic mass is 32.2. The molecule has 1 unspecified atom stereocenters. The van der Waals surface area contributed by atoms with Crippen molar-refractivity contribution in [3.8, 4) is 5.75 Å². The van der Waals surface area contributed by atoms with Gasteiger partial charge in [0.2, 0.25) is 0 Å². The lowest BCUT2D eigenvalue weighted by atomic mass is 9.95. The fourth-order valence-electron chi connectivity index (χ4n) is 3.38. The van der Waals surface area contributed by atoms with E-state index in [1.54, 1.807) is 7.11 Å². The van der Waals surface area contributed by atoms with Crippen LogP contribution in [0.3, 0.4) is 0 Å². The second-order valence-electron chi connectivity index (χ2n) is 5.91. The molecule has 5 heteroatoms. The van der Waals surface area contributed by atoms with Crippen LogP contribution in [0.4, 0.5) is 5.69 Å². The van der Waals surface area contributed by atoms with Crippen molar-refractivity contribution in [2.75, 3.05) is 56.2 Å². The van der Waals surface area contributed by atoms with Gasteiger partial charge in [0, 0.05) is 55.8 Å². The molecule has 0 aliphatic carbocycles. The Balaban J connectivity index is 1.64. The Morgan fingerprint density at radius 1 is 1.29 bits per heavy atom. The highest BCUT2D eigenvalue weighted by molar-refractivity contribution is 7.99. The first-order valence-electron chi connectivity index (χ1n) is 7.69. The summed E-state index contributed by atoms with van der Waals surface area (Å²) in [5.74, 6) is 3.39. The molecule has 2 aliphatic rings. The number of anilines is 1. The minimum Gasteiger partial charge on any atom is -0.497 e. The molecule has 0 spiro atoms. The van der Waals surface area contributed by atoms with Gasteiger partial charge in [0.1, 0.15) is 5.75 Å². The van der Waals surface area contributed by atoms with E-state index in [1.807, 2.05) is 17.8 Å². The van der Waals surface area contributed by atoms with Crippen molar-refractivity contribution in [3.05, 3.63) is 24.3 Å². The molecule has 116 valence electrons. The third-order valence-corrected chi connectivity index (χ3v) is 6.07. The van der Waals surface area contributed by atoms with Gasteiger partial charge < -0.3 is 15.4 Å². The molecule has 4 nitrogen and oxygen atoms in total. The second-order valence-corrected chi connectivity index (χ2v) is 7.01. The van der Waals surface area contributed by atoms with E-state index < -0.39 is 0 Å². The van der Waals surface area contributed by atoms with E-state index in [2.05, 4.69) is 28.0 Å². The fourth-order valence-corrected chi connectivity index (χ4v) is 4.88. The summed E-state index contributed by atoms with van der Waals surface area (Å²) in [6.45, 7) is 5.14. The molecule has 0 radical (unpaired) electrons. The Labute approximate surface area is 131 Å². The van der Waals surface area contributed by atoms with E-state index >= 15 is 0 Å². The van der Waals surface area contributed by atoms with Crippen molar-refractivity contribution in [3.63, 3.8) is 0 Å². The molecule has 3 rings (SSSR count). The molecule has 0 amide bonds. The predicted octanol–water partition coefficient (Wildman–Crippen LogP) is 1.65. The number of rotatable bonds is 4. The van der Waals surface area contributed by atoms with Gasteiger partial charge in [0.25, 0.3) is 0 Å². The maximum absolute atomic E-state index is 6.10. The Morgan fingerprint density at radius 2 is 2.10 bits per heavy atom. The molecule has 2 fully saturated rings. The Hall–Kier alpha value is -0.910. The molecule has 0 aromatic heterocycles. The van der Waals surface area contributed by atoms with Gasteiger partial charge in [0.15, 0.2) is 0 Å². The van der Waals surface area contributed by atoms with Crippen LogP contribution in [0, 0.1) is 0 Å². The van der Waals surface area contributed by atoms with Gasteiger partial charge in [-0.1, -0.05) is 6.07 Å². The summed E-state index contributed by atoms with van der Waals surface area (Å²) in [7, 11) is 1.72. The average molecular weight is 307 g/mol. The third-order valence-electron chi connectivity index (χ3n) is 4.83. The lowest BCUT2D eigenvalue weighted by Crippen LogP contribution is -2.60. The summed E-state index contributed by atoms with van der Waals surface area (Å²) in [4.78, 5) is 5.08. The lowest BCUT2D eigenvalue weighted by molar-refractivity contribution is 0.109. The molecule has 0 saturated carbocycles. The van der Waals surface area contributed by atoms with Gasteiger partial charge in [-0.15, -0.1) is 0 Å². The zero-order valence-corrected chi connectivity index (χ0v) is 13.6. The van der Waals surface area contributed by atoms with Crippen LogP contribution in [0.1, 0.15) is 6.42 Å². The molecule has 21 heavy (non-hydrogen) atoms. The highest BCUT2D eigenvalue weighted by Crippen LogP contribution is 2.34. The number of methoxy groups -OCH3 is 1.